The van der Waals surface area contributed by atoms with Crippen LogP contribution in [0.2, 0.25) is 0 Å². The zero-order chi connectivity index (χ0) is 11.1. The van der Waals surface area contributed by atoms with E-state index in [1.165, 1.54) is 23.9 Å². The van der Waals surface area contributed by atoms with Crippen molar-refractivity contribution in [2.45, 2.75) is 24.3 Å². The largest absolute Gasteiger partial charge is 0.391 e. The predicted octanol–water partition coefficient (Wildman–Crippen LogP) is 2.69. The molecule has 1 N–H and O–H groups in total. The molecule has 1 aromatic carbocycles. The van der Waals surface area contributed by atoms with E-state index in [4.69, 9.17) is 0 Å². The van der Waals surface area contributed by atoms with Crippen LogP contribution >= 0.6 is 11.8 Å². The summed E-state index contributed by atoms with van der Waals surface area (Å²) in [5, 5.41) is 9.49. The van der Waals surface area contributed by atoms with Crippen LogP contribution in [0.4, 0.5) is 4.39 Å². The van der Waals surface area contributed by atoms with Gasteiger partial charge in [-0.15, -0.1) is 23.6 Å². The smallest absolute Gasteiger partial charge is 0.124 e. The number of benzene rings is 1. The van der Waals surface area contributed by atoms with Gasteiger partial charge in [0, 0.05) is 17.1 Å². The second kappa shape index (κ2) is 6.49. The van der Waals surface area contributed by atoms with Gasteiger partial charge < -0.3 is 5.11 Å². The van der Waals surface area contributed by atoms with Crippen molar-refractivity contribution in [3.63, 3.8) is 0 Å². The van der Waals surface area contributed by atoms with Gasteiger partial charge in [0.05, 0.1) is 6.10 Å². The van der Waals surface area contributed by atoms with E-state index in [-0.39, 0.29) is 5.82 Å². The van der Waals surface area contributed by atoms with Crippen LogP contribution < -0.4 is 0 Å². The van der Waals surface area contributed by atoms with Crippen molar-refractivity contribution in [1.29, 1.82) is 0 Å². The normalized spacial score (nSPS) is 11.7. The van der Waals surface area contributed by atoms with Gasteiger partial charge in [-0.2, -0.15) is 0 Å². The van der Waals surface area contributed by atoms with Gasteiger partial charge >= 0.3 is 0 Å². The van der Waals surface area contributed by atoms with Crippen molar-refractivity contribution in [1.82, 2.24) is 0 Å². The molecule has 1 atom stereocenters. The molecule has 0 heterocycles. The highest BCUT2D eigenvalue weighted by Gasteiger charge is 2.03. The Kier molecular flexibility index (Phi) is 5.23. The Morgan fingerprint density at radius 2 is 2.33 bits per heavy atom. The number of hydrogen-bond donors (Lipinski definition) is 1. The third-order valence-electron chi connectivity index (χ3n) is 1.75. The molecule has 0 fully saturated rings. The fraction of sp³-hybridized carbons (Fsp3) is 0.333. The summed E-state index contributed by atoms with van der Waals surface area (Å²) in [5.74, 6) is 5.83. The molecule has 0 aromatic heterocycles. The van der Waals surface area contributed by atoms with Crippen molar-refractivity contribution in [2.24, 2.45) is 0 Å². The van der Waals surface area contributed by atoms with Gasteiger partial charge in [0.25, 0.3) is 0 Å². The molecular weight excluding hydrogens is 211 g/mol. The molecular formula is C12H13FOS. The van der Waals surface area contributed by atoms with Crippen molar-refractivity contribution in [3.05, 3.63) is 30.1 Å². The number of aliphatic hydroxyl groups excluding tert-OH is 1. The number of rotatable bonds is 4. The molecule has 80 valence electrons. The van der Waals surface area contributed by atoms with Crippen LogP contribution in [0.5, 0.6) is 0 Å². The highest BCUT2D eigenvalue weighted by molar-refractivity contribution is 7.99. The zero-order valence-corrected chi connectivity index (χ0v) is 9.35. The summed E-state index contributed by atoms with van der Waals surface area (Å²) in [5.41, 5.74) is 0. The average Bonchev–Trinajstić information content (AvgIpc) is 2.23. The van der Waals surface area contributed by atoms with Gasteiger partial charge in [-0.25, -0.2) is 4.39 Å². The molecule has 0 aliphatic rings. The first-order valence-electron chi connectivity index (χ1n) is 4.68. The number of hydrogen-bond acceptors (Lipinski definition) is 2. The van der Waals surface area contributed by atoms with Crippen molar-refractivity contribution in [3.8, 4) is 11.8 Å². The lowest BCUT2D eigenvalue weighted by molar-refractivity contribution is 0.205. The molecule has 1 rings (SSSR count). The van der Waals surface area contributed by atoms with Gasteiger partial charge in [0.1, 0.15) is 5.82 Å². The molecule has 0 aliphatic heterocycles. The van der Waals surface area contributed by atoms with Gasteiger partial charge in [-0.3, -0.25) is 0 Å². The Labute approximate surface area is 93.7 Å². The molecule has 0 saturated carbocycles. The van der Waals surface area contributed by atoms with Gasteiger partial charge in [-0.05, 0) is 25.1 Å². The number of thioether (sulfide) groups is 1. The minimum Gasteiger partial charge on any atom is -0.391 e. The molecule has 15 heavy (non-hydrogen) atoms. The minimum atomic E-state index is -0.453. The Morgan fingerprint density at radius 3 is 3.00 bits per heavy atom. The van der Waals surface area contributed by atoms with E-state index in [0.717, 1.165) is 4.90 Å². The van der Waals surface area contributed by atoms with Gasteiger partial charge in [0.15, 0.2) is 0 Å². The predicted molar refractivity (Wildman–Crippen MR) is 61.2 cm³/mol. The Hall–Kier alpha value is -0.980. The van der Waals surface area contributed by atoms with Gasteiger partial charge in [0.2, 0.25) is 0 Å². The monoisotopic (exact) mass is 224 g/mol. The van der Waals surface area contributed by atoms with E-state index in [0.29, 0.717) is 12.2 Å². The lowest BCUT2D eigenvalue weighted by atomic mass is 10.3. The van der Waals surface area contributed by atoms with Crippen LogP contribution in [-0.2, 0) is 0 Å². The molecule has 0 radical (unpaired) electrons. The van der Waals surface area contributed by atoms with Gasteiger partial charge in [-0.1, -0.05) is 6.07 Å². The first-order valence-corrected chi connectivity index (χ1v) is 5.67. The van der Waals surface area contributed by atoms with Crippen LogP contribution in [-0.4, -0.2) is 17.0 Å². The van der Waals surface area contributed by atoms with Crippen molar-refractivity contribution >= 4 is 11.8 Å². The summed E-state index contributed by atoms with van der Waals surface area (Å²) >= 11 is 1.44. The third-order valence-corrected chi connectivity index (χ3v) is 2.89. The maximum Gasteiger partial charge on any atom is 0.124 e. The van der Waals surface area contributed by atoms with E-state index in [2.05, 4.69) is 11.8 Å². The quantitative estimate of drug-likeness (QED) is 0.627. The zero-order valence-electron chi connectivity index (χ0n) is 8.53. The summed E-state index contributed by atoms with van der Waals surface area (Å²) in [6, 6.07) is 6.35. The van der Waals surface area contributed by atoms with Crippen LogP contribution in [0, 0.1) is 17.7 Å². The Balaban J connectivity index is 2.38. The van der Waals surface area contributed by atoms with E-state index in [1.807, 2.05) is 6.07 Å². The Morgan fingerprint density at radius 1 is 1.53 bits per heavy atom. The van der Waals surface area contributed by atoms with Crippen LogP contribution in [0.15, 0.2) is 29.2 Å². The first kappa shape index (κ1) is 12.1. The van der Waals surface area contributed by atoms with Crippen LogP contribution in [0.25, 0.3) is 0 Å². The fourth-order valence-corrected chi connectivity index (χ4v) is 1.90. The van der Waals surface area contributed by atoms with Crippen molar-refractivity contribution < 1.29 is 9.50 Å². The second-order valence-electron chi connectivity index (χ2n) is 3.05. The van der Waals surface area contributed by atoms with Crippen LogP contribution in [0.1, 0.15) is 13.3 Å². The summed E-state index contributed by atoms with van der Waals surface area (Å²) < 4.78 is 12.8. The summed E-state index contributed by atoms with van der Waals surface area (Å²) in [4.78, 5) is 0.832. The second-order valence-corrected chi connectivity index (χ2v) is 4.15. The van der Waals surface area contributed by atoms with E-state index < -0.39 is 6.10 Å². The molecule has 1 nitrogen and oxygen atoms in total. The highest BCUT2D eigenvalue weighted by Crippen LogP contribution is 2.19. The van der Waals surface area contributed by atoms with E-state index in [9.17, 15) is 9.50 Å². The lowest BCUT2D eigenvalue weighted by Gasteiger charge is -2.06. The van der Waals surface area contributed by atoms with E-state index in [1.54, 1.807) is 13.0 Å². The maximum atomic E-state index is 12.8. The number of aliphatic hydroxyl groups is 1. The molecule has 0 saturated heterocycles. The standard InChI is InChI=1S/C12H13FOS/c1-2-3-6-11(14)9-15-12-7-4-5-10(13)8-12/h4-5,7-8,11,14H,6,9H2,1H3. The fourth-order valence-electron chi connectivity index (χ4n) is 1.03. The molecule has 0 aliphatic carbocycles. The molecule has 1 aromatic rings. The molecule has 0 bridgehead atoms. The summed E-state index contributed by atoms with van der Waals surface area (Å²) in [6.45, 7) is 1.74. The average molecular weight is 224 g/mol. The SMILES string of the molecule is CC#CCC(O)CSc1cccc(F)c1. The Bertz CT molecular complexity index is 367. The minimum absolute atomic E-state index is 0.247. The number of halogens is 1. The summed E-state index contributed by atoms with van der Waals surface area (Å²) in [6.07, 6.45) is 0.0180. The molecule has 3 heteroatoms. The maximum absolute atomic E-state index is 12.8. The van der Waals surface area contributed by atoms with E-state index >= 15 is 0 Å². The lowest BCUT2D eigenvalue weighted by Crippen LogP contribution is -2.08. The molecule has 1 unspecified atom stereocenters. The molecule has 0 amide bonds. The highest BCUT2D eigenvalue weighted by atomic mass is 32.2. The first-order chi connectivity index (χ1) is 7.22. The third kappa shape index (κ3) is 4.87. The summed E-state index contributed by atoms with van der Waals surface area (Å²) in [7, 11) is 0. The topological polar surface area (TPSA) is 20.2 Å². The van der Waals surface area contributed by atoms with Crippen molar-refractivity contribution in [2.75, 3.05) is 5.75 Å². The van der Waals surface area contributed by atoms with Crippen LogP contribution in [0.3, 0.4) is 0 Å². The molecule has 0 spiro atoms.